The normalized spacial score (nSPS) is 17.3. The molecule has 1 aliphatic rings. The fraction of sp³-hybridized carbons (Fsp3) is 0.333. The Labute approximate surface area is 207 Å². The van der Waals surface area contributed by atoms with Gasteiger partial charge in [-0.1, -0.05) is 29.3 Å². The zero-order chi connectivity index (χ0) is 25.0. The number of aromatic hydroxyl groups is 1. The highest BCUT2D eigenvalue weighted by Gasteiger charge is 2.46. The average molecular weight is 510 g/mol. The highest BCUT2D eigenvalue weighted by atomic mass is 35.5. The van der Waals surface area contributed by atoms with E-state index in [1.165, 1.54) is 37.3 Å². The molecular formula is C24H25Cl2NO7. The molecule has 182 valence electrons. The summed E-state index contributed by atoms with van der Waals surface area (Å²) in [5.41, 5.74) is 0.498. The molecule has 1 heterocycles. The molecule has 2 aromatic carbocycles. The molecule has 8 nitrogen and oxygen atoms in total. The summed E-state index contributed by atoms with van der Waals surface area (Å²) in [4.78, 5) is 27.4. The molecule has 1 fully saturated rings. The van der Waals surface area contributed by atoms with Gasteiger partial charge in [-0.3, -0.25) is 9.59 Å². The van der Waals surface area contributed by atoms with Crippen LogP contribution in [0.15, 0.2) is 35.9 Å². The number of phenolic OH excluding ortho intramolecular Hbond substituents is 1. The predicted octanol–water partition coefficient (Wildman–Crippen LogP) is 4.56. The second-order valence-corrected chi connectivity index (χ2v) is 8.29. The number of carbonyl (C=O) groups is 2. The summed E-state index contributed by atoms with van der Waals surface area (Å²) in [5, 5.41) is 21.6. The van der Waals surface area contributed by atoms with Crippen molar-refractivity contribution in [2.24, 2.45) is 0 Å². The summed E-state index contributed by atoms with van der Waals surface area (Å²) >= 11 is 12.5. The van der Waals surface area contributed by atoms with Crippen molar-refractivity contribution in [3.8, 4) is 17.2 Å². The Bertz CT molecular complexity index is 1110. The monoisotopic (exact) mass is 509 g/mol. The zero-order valence-electron chi connectivity index (χ0n) is 18.9. The first-order valence-electron chi connectivity index (χ1n) is 10.5. The number of phenols is 1. The largest absolute Gasteiger partial charge is 0.507 e. The van der Waals surface area contributed by atoms with Crippen molar-refractivity contribution < 1.29 is 34.0 Å². The minimum absolute atomic E-state index is 0.0874. The predicted molar refractivity (Wildman–Crippen MR) is 128 cm³/mol. The number of methoxy groups -OCH3 is 2. The highest BCUT2D eigenvalue weighted by Crippen LogP contribution is 2.43. The SMILES string of the molecule is CCOc1cc(C2/C(=C(\O)c3cc(Cl)c(OC)c(Cl)c3)C(=O)C(=O)N2CCCOC)ccc1O. The van der Waals surface area contributed by atoms with E-state index in [1.807, 2.05) is 0 Å². The number of ketones is 1. The number of Topliss-reactive ketones (excluding diaryl/α,β-unsaturated/α-hetero) is 1. The molecule has 34 heavy (non-hydrogen) atoms. The standard InChI is InChI=1S/C24H25Cl2NO7/c1-4-34-18-12-13(6-7-17(18)28)20-19(22(30)24(31)27(20)8-5-9-32-2)21(29)14-10-15(25)23(33-3)16(26)11-14/h6-7,10-12,20,28-29H,4-5,8-9H2,1-3H3/b21-19+. The van der Waals surface area contributed by atoms with Gasteiger partial charge in [0.05, 0.1) is 35.4 Å². The van der Waals surface area contributed by atoms with Crippen LogP contribution in [-0.2, 0) is 14.3 Å². The number of benzene rings is 2. The van der Waals surface area contributed by atoms with Gasteiger partial charge in [0, 0.05) is 25.8 Å². The number of halogens is 2. The lowest BCUT2D eigenvalue weighted by Crippen LogP contribution is -2.31. The topological polar surface area (TPSA) is 106 Å². The third kappa shape index (κ3) is 4.94. The van der Waals surface area contributed by atoms with Crippen molar-refractivity contribution in [3.63, 3.8) is 0 Å². The van der Waals surface area contributed by atoms with Crippen LogP contribution in [0.25, 0.3) is 5.76 Å². The van der Waals surface area contributed by atoms with Gasteiger partial charge in [-0.15, -0.1) is 0 Å². The fourth-order valence-electron chi connectivity index (χ4n) is 3.86. The Balaban J connectivity index is 2.20. The first-order valence-corrected chi connectivity index (χ1v) is 11.3. The minimum Gasteiger partial charge on any atom is -0.507 e. The molecule has 0 aromatic heterocycles. The van der Waals surface area contributed by atoms with E-state index in [0.29, 0.717) is 25.2 Å². The smallest absolute Gasteiger partial charge is 0.295 e. The molecular weight excluding hydrogens is 485 g/mol. The summed E-state index contributed by atoms with van der Waals surface area (Å²) in [6, 6.07) is 6.39. The lowest BCUT2D eigenvalue weighted by molar-refractivity contribution is -0.140. The van der Waals surface area contributed by atoms with E-state index in [4.69, 9.17) is 37.4 Å². The maximum Gasteiger partial charge on any atom is 0.295 e. The Morgan fingerprint density at radius 1 is 1.12 bits per heavy atom. The van der Waals surface area contributed by atoms with Crippen LogP contribution in [0.1, 0.15) is 30.5 Å². The number of hydrogen-bond acceptors (Lipinski definition) is 7. The summed E-state index contributed by atoms with van der Waals surface area (Å²) in [7, 11) is 2.94. The van der Waals surface area contributed by atoms with Gasteiger partial charge in [0.15, 0.2) is 17.2 Å². The average Bonchev–Trinajstić information content (AvgIpc) is 3.05. The van der Waals surface area contributed by atoms with Crippen molar-refractivity contribution in [1.29, 1.82) is 0 Å². The van der Waals surface area contributed by atoms with Gasteiger partial charge in [0.25, 0.3) is 11.7 Å². The molecule has 10 heteroatoms. The first-order chi connectivity index (χ1) is 16.2. The Kier molecular flexibility index (Phi) is 8.30. The number of nitrogens with zero attached hydrogens (tertiary/aromatic N) is 1. The van der Waals surface area contributed by atoms with Crippen molar-refractivity contribution in [2.75, 3.05) is 34.0 Å². The number of ether oxygens (including phenoxy) is 3. The van der Waals surface area contributed by atoms with Crippen molar-refractivity contribution in [2.45, 2.75) is 19.4 Å². The molecule has 0 aliphatic carbocycles. The van der Waals surface area contributed by atoms with E-state index < -0.39 is 23.5 Å². The fourth-order valence-corrected chi connectivity index (χ4v) is 4.50. The van der Waals surface area contributed by atoms with E-state index in [2.05, 4.69) is 0 Å². The number of rotatable bonds is 9. The van der Waals surface area contributed by atoms with Gasteiger partial charge in [-0.25, -0.2) is 0 Å². The lowest BCUT2D eigenvalue weighted by Gasteiger charge is -2.26. The van der Waals surface area contributed by atoms with Gasteiger partial charge < -0.3 is 29.3 Å². The van der Waals surface area contributed by atoms with Crippen LogP contribution < -0.4 is 9.47 Å². The number of hydrogen-bond donors (Lipinski definition) is 2. The number of aliphatic hydroxyl groups is 1. The van der Waals surface area contributed by atoms with Crippen LogP contribution in [-0.4, -0.2) is 60.8 Å². The van der Waals surface area contributed by atoms with E-state index >= 15 is 0 Å². The first kappa shape index (κ1) is 25.7. The second kappa shape index (κ2) is 11.0. The van der Waals surface area contributed by atoms with Crippen LogP contribution in [0.4, 0.5) is 0 Å². The summed E-state index contributed by atoms with van der Waals surface area (Å²) in [6.07, 6.45) is 0.469. The molecule has 1 unspecified atom stereocenters. The van der Waals surface area contributed by atoms with Gasteiger partial charge in [0.2, 0.25) is 0 Å². The van der Waals surface area contributed by atoms with Crippen molar-refractivity contribution in [3.05, 3.63) is 57.1 Å². The number of aliphatic hydroxyl groups excluding tert-OH is 1. The van der Waals surface area contributed by atoms with Crippen LogP contribution >= 0.6 is 23.2 Å². The molecule has 2 aromatic rings. The number of amides is 1. The molecule has 1 amide bonds. The maximum atomic E-state index is 13.1. The molecule has 1 saturated heterocycles. The Hall–Kier alpha value is -2.94. The van der Waals surface area contributed by atoms with E-state index in [9.17, 15) is 19.8 Å². The Morgan fingerprint density at radius 3 is 2.38 bits per heavy atom. The molecule has 0 spiro atoms. The Morgan fingerprint density at radius 2 is 1.79 bits per heavy atom. The van der Waals surface area contributed by atoms with E-state index in [1.54, 1.807) is 19.1 Å². The molecule has 3 rings (SSSR count). The minimum atomic E-state index is -0.934. The summed E-state index contributed by atoms with van der Waals surface area (Å²) in [6.45, 7) is 2.64. The van der Waals surface area contributed by atoms with Crippen LogP contribution in [0.3, 0.4) is 0 Å². The third-order valence-electron chi connectivity index (χ3n) is 5.36. The molecule has 1 aliphatic heterocycles. The molecule has 0 saturated carbocycles. The number of likely N-dealkylation sites (tertiary alicyclic amines) is 1. The van der Waals surface area contributed by atoms with Gasteiger partial charge in [-0.2, -0.15) is 0 Å². The van der Waals surface area contributed by atoms with Gasteiger partial charge >= 0.3 is 0 Å². The lowest BCUT2D eigenvalue weighted by atomic mass is 9.95. The third-order valence-corrected chi connectivity index (χ3v) is 5.92. The van der Waals surface area contributed by atoms with Crippen molar-refractivity contribution >= 4 is 40.7 Å². The number of carbonyl (C=O) groups excluding carboxylic acids is 2. The second-order valence-electron chi connectivity index (χ2n) is 7.47. The highest BCUT2D eigenvalue weighted by molar-refractivity contribution is 6.46. The van der Waals surface area contributed by atoms with Crippen LogP contribution in [0.2, 0.25) is 10.0 Å². The summed E-state index contributed by atoms with van der Waals surface area (Å²) < 4.78 is 15.7. The van der Waals surface area contributed by atoms with Crippen molar-refractivity contribution in [1.82, 2.24) is 4.90 Å². The van der Waals surface area contributed by atoms with Crippen LogP contribution in [0, 0.1) is 0 Å². The van der Waals surface area contributed by atoms with E-state index in [-0.39, 0.29) is 45.0 Å². The summed E-state index contributed by atoms with van der Waals surface area (Å²) in [5.74, 6) is -1.73. The molecule has 1 atom stereocenters. The molecule has 2 N–H and O–H groups in total. The van der Waals surface area contributed by atoms with E-state index in [0.717, 1.165) is 0 Å². The van der Waals surface area contributed by atoms with Gasteiger partial charge in [0.1, 0.15) is 5.76 Å². The zero-order valence-corrected chi connectivity index (χ0v) is 20.4. The van der Waals surface area contributed by atoms with Crippen LogP contribution in [0.5, 0.6) is 17.2 Å². The maximum absolute atomic E-state index is 13.1. The quantitative estimate of drug-likeness (QED) is 0.221. The molecule has 0 bridgehead atoms. The van der Waals surface area contributed by atoms with Gasteiger partial charge in [-0.05, 0) is 43.2 Å². The molecule has 0 radical (unpaired) electrons.